The Morgan fingerprint density at radius 1 is 0.760 bits per heavy atom. The fourth-order valence-corrected chi connectivity index (χ4v) is 2.71. The summed E-state index contributed by atoms with van der Waals surface area (Å²) in [5, 5.41) is 1.30. The van der Waals surface area contributed by atoms with Crippen LogP contribution >= 0.6 is 0 Å². The van der Waals surface area contributed by atoms with Gasteiger partial charge < -0.3 is 4.90 Å². The van der Waals surface area contributed by atoms with Crippen molar-refractivity contribution in [2.75, 3.05) is 18.0 Å². The second-order valence-corrected chi connectivity index (χ2v) is 4.85. The molecule has 2 nitrogen and oxygen atoms in total. The standard InChI is InChI=1S/C15H18N2.4C2H6/c1-12-7-8-14(17-10-3-2-4-11-17)13-6-5-9-16-15(12)13;4*1-2/h5-9H,2-4,10-11H2,1H3;4*1-2H3. The van der Waals surface area contributed by atoms with Crippen molar-refractivity contribution in [3.8, 4) is 0 Å². The molecule has 1 fully saturated rings. The maximum Gasteiger partial charge on any atom is 0.0751 e. The number of nitrogens with zero attached hydrogens (tertiary/aromatic N) is 2. The Morgan fingerprint density at radius 3 is 1.88 bits per heavy atom. The molecular formula is C23H42N2. The van der Waals surface area contributed by atoms with Crippen LogP contribution in [0.2, 0.25) is 0 Å². The van der Waals surface area contributed by atoms with E-state index in [0.29, 0.717) is 0 Å². The van der Waals surface area contributed by atoms with E-state index in [0.717, 1.165) is 5.52 Å². The lowest BCUT2D eigenvalue weighted by molar-refractivity contribution is 0.579. The maximum atomic E-state index is 4.51. The molecular weight excluding hydrogens is 304 g/mol. The molecule has 144 valence electrons. The molecule has 25 heavy (non-hydrogen) atoms. The number of aryl methyl sites for hydroxylation is 1. The second-order valence-electron chi connectivity index (χ2n) is 4.85. The number of piperidine rings is 1. The number of rotatable bonds is 1. The normalized spacial score (nSPS) is 12.1. The average Bonchev–Trinajstić information content (AvgIpc) is 2.75. The van der Waals surface area contributed by atoms with Crippen LogP contribution in [0.1, 0.15) is 80.2 Å². The summed E-state index contributed by atoms with van der Waals surface area (Å²) >= 11 is 0. The highest BCUT2D eigenvalue weighted by Crippen LogP contribution is 2.29. The van der Waals surface area contributed by atoms with Gasteiger partial charge in [0.25, 0.3) is 0 Å². The molecule has 1 aromatic heterocycles. The minimum Gasteiger partial charge on any atom is -0.371 e. The van der Waals surface area contributed by atoms with Gasteiger partial charge in [0.1, 0.15) is 0 Å². The van der Waals surface area contributed by atoms with Crippen LogP contribution in [0.5, 0.6) is 0 Å². The Morgan fingerprint density at radius 2 is 1.32 bits per heavy atom. The van der Waals surface area contributed by atoms with Gasteiger partial charge in [-0.1, -0.05) is 61.5 Å². The first-order chi connectivity index (χ1) is 12.4. The highest BCUT2D eigenvalue weighted by Gasteiger charge is 2.14. The van der Waals surface area contributed by atoms with E-state index in [1.54, 1.807) is 0 Å². The highest BCUT2D eigenvalue weighted by atomic mass is 15.1. The molecule has 1 saturated heterocycles. The summed E-state index contributed by atoms with van der Waals surface area (Å²) in [5.74, 6) is 0. The fraction of sp³-hybridized carbons (Fsp3) is 0.609. The number of anilines is 1. The van der Waals surface area contributed by atoms with Crippen LogP contribution in [0.4, 0.5) is 5.69 Å². The van der Waals surface area contributed by atoms with Crippen molar-refractivity contribution < 1.29 is 0 Å². The summed E-state index contributed by atoms with van der Waals surface area (Å²) in [5.41, 5.74) is 3.77. The summed E-state index contributed by atoms with van der Waals surface area (Å²) in [6.45, 7) is 20.5. The van der Waals surface area contributed by atoms with Gasteiger partial charge in [-0.2, -0.15) is 0 Å². The summed E-state index contributed by atoms with van der Waals surface area (Å²) in [6, 6.07) is 8.68. The quantitative estimate of drug-likeness (QED) is 0.527. The average molecular weight is 347 g/mol. The molecule has 0 radical (unpaired) electrons. The Bertz CT molecular complexity index is 529. The lowest BCUT2D eigenvalue weighted by atomic mass is 10.1. The molecule has 0 bridgehead atoms. The summed E-state index contributed by atoms with van der Waals surface area (Å²) in [4.78, 5) is 7.02. The van der Waals surface area contributed by atoms with Gasteiger partial charge in [0.2, 0.25) is 0 Å². The monoisotopic (exact) mass is 346 g/mol. The van der Waals surface area contributed by atoms with E-state index in [1.165, 1.54) is 49.0 Å². The minimum atomic E-state index is 1.15. The molecule has 2 heterocycles. The van der Waals surface area contributed by atoms with Crippen molar-refractivity contribution in [3.63, 3.8) is 0 Å². The van der Waals surface area contributed by atoms with E-state index in [2.05, 4.69) is 35.0 Å². The first kappa shape index (κ1) is 25.7. The van der Waals surface area contributed by atoms with Crippen molar-refractivity contribution >= 4 is 16.6 Å². The molecule has 3 rings (SSSR count). The number of hydrogen-bond acceptors (Lipinski definition) is 2. The van der Waals surface area contributed by atoms with Crippen LogP contribution in [0.25, 0.3) is 10.9 Å². The van der Waals surface area contributed by atoms with Crippen LogP contribution in [0.15, 0.2) is 30.5 Å². The van der Waals surface area contributed by atoms with Gasteiger partial charge in [-0.05, 0) is 49.9 Å². The predicted octanol–water partition coefficient (Wildman–Crippen LogP) is 7.64. The summed E-state index contributed by atoms with van der Waals surface area (Å²) in [6.07, 6.45) is 5.89. The number of hydrogen-bond donors (Lipinski definition) is 0. The zero-order chi connectivity index (χ0) is 19.7. The van der Waals surface area contributed by atoms with E-state index >= 15 is 0 Å². The molecule has 1 aliphatic heterocycles. The molecule has 0 N–H and O–H groups in total. The van der Waals surface area contributed by atoms with E-state index in [4.69, 9.17) is 0 Å². The van der Waals surface area contributed by atoms with Crippen LogP contribution < -0.4 is 4.90 Å². The number of pyridine rings is 1. The third-order valence-corrected chi connectivity index (χ3v) is 3.65. The van der Waals surface area contributed by atoms with E-state index in [-0.39, 0.29) is 0 Å². The van der Waals surface area contributed by atoms with Crippen molar-refractivity contribution in [3.05, 3.63) is 36.0 Å². The van der Waals surface area contributed by atoms with Gasteiger partial charge in [0, 0.05) is 30.4 Å². The molecule has 0 unspecified atom stereocenters. The number of benzene rings is 1. The highest BCUT2D eigenvalue weighted by molar-refractivity contribution is 5.93. The fourth-order valence-electron chi connectivity index (χ4n) is 2.71. The van der Waals surface area contributed by atoms with E-state index in [9.17, 15) is 0 Å². The summed E-state index contributed by atoms with van der Waals surface area (Å²) in [7, 11) is 0. The van der Waals surface area contributed by atoms with Crippen molar-refractivity contribution in [2.45, 2.75) is 81.6 Å². The SMILES string of the molecule is CC.CC.CC.CC.Cc1ccc(N2CCCCC2)c2cccnc12. The third kappa shape index (κ3) is 7.90. The molecule has 2 aromatic rings. The van der Waals surface area contributed by atoms with Crippen LogP contribution in [0, 0.1) is 6.92 Å². The van der Waals surface area contributed by atoms with Crippen molar-refractivity contribution in [1.82, 2.24) is 4.98 Å². The molecule has 2 heteroatoms. The van der Waals surface area contributed by atoms with Crippen LogP contribution in [0.3, 0.4) is 0 Å². The van der Waals surface area contributed by atoms with Crippen molar-refractivity contribution in [1.29, 1.82) is 0 Å². The van der Waals surface area contributed by atoms with Gasteiger partial charge in [0.05, 0.1) is 5.52 Å². The number of fused-ring (bicyclic) bond motifs is 1. The van der Waals surface area contributed by atoms with Gasteiger partial charge >= 0.3 is 0 Å². The van der Waals surface area contributed by atoms with E-state index in [1.807, 2.05) is 67.7 Å². The molecule has 0 saturated carbocycles. The molecule has 0 spiro atoms. The zero-order valence-corrected chi connectivity index (χ0v) is 18.3. The predicted molar refractivity (Wildman–Crippen MR) is 118 cm³/mol. The number of aromatic nitrogens is 1. The first-order valence-electron chi connectivity index (χ1n) is 10.5. The van der Waals surface area contributed by atoms with Gasteiger partial charge in [-0.3, -0.25) is 4.98 Å². The third-order valence-electron chi connectivity index (χ3n) is 3.65. The molecule has 0 amide bonds. The Kier molecular flexibility index (Phi) is 17.7. The van der Waals surface area contributed by atoms with E-state index < -0.39 is 0 Å². The lowest BCUT2D eigenvalue weighted by Gasteiger charge is -2.30. The van der Waals surface area contributed by atoms with Crippen LogP contribution in [-0.2, 0) is 0 Å². The molecule has 0 aliphatic carbocycles. The zero-order valence-electron chi connectivity index (χ0n) is 18.3. The maximum absolute atomic E-state index is 4.51. The molecule has 1 aromatic carbocycles. The van der Waals surface area contributed by atoms with Crippen molar-refractivity contribution in [2.24, 2.45) is 0 Å². The Labute approximate surface area is 157 Å². The topological polar surface area (TPSA) is 16.1 Å². The van der Waals surface area contributed by atoms with Gasteiger partial charge in [-0.15, -0.1) is 0 Å². The summed E-state index contributed by atoms with van der Waals surface area (Å²) < 4.78 is 0. The molecule has 0 atom stereocenters. The largest absolute Gasteiger partial charge is 0.371 e. The van der Waals surface area contributed by atoms with Crippen LogP contribution in [-0.4, -0.2) is 18.1 Å². The first-order valence-corrected chi connectivity index (χ1v) is 10.5. The minimum absolute atomic E-state index is 1.15. The smallest absolute Gasteiger partial charge is 0.0751 e. The lowest BCUT2D eigenvalue weighted by Crippen LogP contribution is -2.29. The second kappa shape index (κ2) is 17.3. The van der Waals surface area contributed by atoms with Gasteiger partial charge in [0.15, 0.2) is 0 Å². The molecule has 1 aliphatic rings. The Hall–Kier alpha value is -1.57. The Balaban J connectivity index is 0. The van der Waals surface area contributed by atoms with Gasteiger partial charge in [-0.25, -0.2) is 0 Å².